The Balaban J connectivity index is 0.00000256. The minimum atomic E-state index is 0. The lowest BCUT2D eigenvalue weighted by molar-refractivity contribution is -0.126. The maximum absolute atomic E-state index is 12.0. The molecule has 1 fully saturated rings. The van der Waals surface area contributed by atoms with Crippen LogP contribution in [-0.4, -0.2) is 18.5 Å². The van der Waals surface area contributed by atoms with Gasteiger partial charge in [-0.2, -0.15) is 0 Å². The standard InChI is InChI=1S/C13H26N2O.ClH/c1-3-5-6-10(4-2)13(16)15-12(9-14)11-7-8-11;/h10-12H,3-9,14H2,1-2H3,(H,15,16);1H. The predicted molar refractivity (Wildman–Crippen MR) is 74.3 cm³/mol. The zero-order valence-electron chi connectivity index (χ0n) is 11.1. The molecule has 3 nitrogen and oxygen atoms in total. The first-order chi connectivity index (χ1) is 7.72. The average Bonchev–Trinajstić information content (AvgIpc) is 3.10. The molecule has 1 aliphatic carbocycles. The molecule has 2 unspecified atom stereocenters. The molecule has 3 N–H and O–H groups in total. The molecule has 1 aliphatic rings. The summed E-state index contributed by atoms with van der Waals surface area (Å²) in [6.45, 7) is 4.84. The third-order valence-electron chi connectivity index (χ3n) is 3.54. The highest BCUT2D eigenvalue weighted by Crippen LogP contribution is 2.32. The summed E-state index contributed by atoms with van der Waals surface area (Å²) in [5, 5.41) is 3.12. The van der Waals surface area contributed by atoms with Gasteiger partial charge in [0.05, 0.1) is 0 Å². The van der Waals surface area contributed by atoms with Gasteiger partial charge in [-0.1, -0.05) is 26.7 Å². The first-order valence-electron chi connectivity index (χ1n) is 6.73. The molecule has 1 amide bonds. The number of hydrogen-bond acceptors (Lipinski definition) is 2. The van der Waals surface area contributed by atoms with E-state index < -0.39 is 0 Å². The van der Waals surface area contributed by atoms with E-state index in [-0.39, 0.29) is 30.3 Å². The zero-order valence-corrected chi connectivity index (χ0v) is 11.9. The minimum absolute atomic E-state index is 0. The Kier molecular flexibility index (Phi) is 8.61. The molecule has 0 aromatic carbocycles. The summed E-state index contributed by atoms with van der Waals surface area (Å²) in [7, 11) is 0. The normalized spacial score (nSPS) is 18.1. The van der Waals surface area contributed by atoms with Crippen LogP contribution in [0.5, 0.6) is 0 Å². The van der Waals surface area contributed by atoms with E-state index in [1.165, 1.54) is 12.8 Å². The molecule has 0 heterocycles. The monoisotopic (exact) mass is 262 g/mol. The van der Waals surface area contributed by atoms with E-state index in [0.717, 1.165) is 25.7 Å². The fourth-order valence-corrected chi connectivity index (χ4v) is 2.14. The lowest BCUT2D eigenvalue weighted by Crippen LogP contribution is -2.44. The molecular formula is C13H27ClN2O. The summed E-state index contributed by atoms with van der Waals surface area (Å²) < 4.78 is 0. The Morgan fingerprint density at radius 1 is 1.41 bits per heavy atom. The van der Waals surface area contributed by atoms with Crippen LogP contribution in [0.15, 0.2) is 0 Å². The molecule has 0 bridgehead atoms. The van der Waals surface area contributed by atoms with Crippen LogP contribution in [0.25, 0.3) is 0 Å². The summed E-state index contributed by atoms with van der Waals surface area (Å²) in [4.78, 5) is 12.0. The molecule has 1 saturated carbocycles. The van der Waals surface area contributed by atoms with Crippen molar-refractivity contribution in [1.29, 1.82) is 0 Å². The second-order valence-corrected chi connectivity index (χ2v) is 4.94. The van der Waals surface area contributed by atoms with Crippen molar-refractivity contribution in [3.8, 4) is 0 Å². The molecular weight excluding hydrogens is 236 g/mol. The van der Waals surface area contributed by atoms with Crippen LogP contribution < -0.4 is 11.1 Å². The van der Waals surface area contributed by atoms with E-state index in [1.54, 1.807) is 0 Å². The summed E-state index contributed by atoms with van der Waals surface area (Å²) in [6.07, 6.45) is 6.71. The van der Waals surface area contributed by atoms with Crippen molar-refractivity contribution < 1.29 is 4.79 Å². The highest BCUT2D eigenvalue weighted by molar-refractivity contribution is 5.85. The van der Waals surface area contributed by atoms with E-state index in [1.807, 2.05) is 0 Å². The van der Waals surface area contributed by atoms with Gasteiger partial charge in [0.1, 0.15) is 0 Å². The van der Waals surface area contributed by atoms with Crippen molar-refractivity contribution in [2.45, 2.75) is 58.4 Å². The minimum Gasteiger partial charge on any atom is -0.352 e. The maximum atomic E-state index is 12.0. The van der Waals surface area contributed by atoms with Crippen LogP contribution in [0.1, 0.15) is 52.4 Å². The van der Waals surface area contributed by atoms with Crippen LogP contribution in [0.3, 0.4) is 0 Å². The first-order valence-corrected chi connectivity index (χ1v) is 6.73. The molecule has 0 radical (unpaired) electrons. The predicted octanol–water partition coefficient (Wildman–Crippen LogP) is 2.48. The second kappa shape index (κ2) is 8.76. The Morgan fingerprint density at radius 3 is 2.47 bits per heavy atom. The van der Waals surface area contributed by atoms with Crippen LogP contribution in [0.2, 0.25) is 0 Å². The van der Waals surface area contributed by atoms with Gasteiger partial charge in [0, 0.05) is 18.5 Å². The van der Waals surface area contributed by atoms with E-state index >= 15 is 0 Å². The van der Waals surface area contributed by atoms with Crippen molar-refractivity contribution >= 4 is 18.3 Å². The summed E-state index contributed by atoms with van der Waals surface area (Å²) in [5.41, 5.74) is 5.69. The van der Waals surface area contributed by atoms with Gasteiger partial charge in [-0.3, -0.25) is 4.79 Å². The van der Waals surface area contributed by atoms with Crippen molar-refractivity contribution in [3.05, 3.63) is 0 Å². The number of rotatable bonds is 8. The third-order valence-corrected chi connectivity index (χ3v) is 3.54. The molecule has 0 aliphatic heterocycles. The molecule has 4 heteroatoms. The van der Waals surface area contributed by atoms with Gasteiger partial charge in [0.2, 0.25) is 5.91 Å². The SMILES string of the molecule is CCCCC(CC)C(=O)NC(CN)C1CC1.Cl. The molecule has 2 atom stereocenters. The number of carbonyl (C=O) groups is 1. The maximum Gasteiger partial charge on any atom is 0.223 e. The van der Waals surface area contributed by atoms with Gasteiger partial charge in [-0.15, -0.1) is 12.4 Å². The quantitative estimate of drug-likeness (QED) is 0.706. The molecule has 17 heavy (non-hydrogen) atoms. The van der Waals surface area contributed by atoms with Crippen molar-refractivity contribution in [1.82, 2.24) is 5.32 Å². The van der Waals surface area contributed by atoms with Gasteiger partial charge < -0.3 is 11.1 Å². The Bertz CT molecular complexity index is 219. The summed E-state index contributed by atoms with van der Waals surface area (Å²) >= 11 is 0. The van der Waals surface area contributed by atoms with E-state index in [0.29, 0.717) is 12.5 Å². The smallest absolute Gasteiger partial charge is 0.223 e. The van der Waals surface area contributed by atoms with Gasteiger partial charge in [0.15, 0.2) is 0 Å². The molecule has 0 spiro atoms. The average molecular weight is 263 g/mol. The number of unbranched alkanes of at least 4 members (excludes halogenated alkanes) is 1. The van der Waals surface area contributed by atoms with Crippen LogP contribution in [0.4, 0.5) is 0 Å². The number of hydrogen-bond donors (Lipinski definition) is 2. The number of nitrogens with one attached hydrogen (secondary N) is 1. The van der Waals surface area contributed by atoms with Crippen LogP contribution in [0, 0.1) is 11.8 Å². The van der Waals surface area contributed by atoms with Gasteiger partial charge in [-0.25, -0.2) is 0 Å². The van der Waals surface area contributed by atoms with Crippen molar-refractivity contribution in [2.24, 2.45) is 17.6 Å². The summed E-state index contributed by atoms with van der Waals surface area (Å²) in [5.74, 6) is 1.06. The zero-order chi connectivity index (χ0) is 12.0. The lowest BCUT2D eigenvalue weighted by atomic mass is 9.98. The molecule has 0 saturated heterocycles. The molecule has 102 valence electrons. The Morgan fingerprint density at radius 2 is 2.06 bits per heavy atom. The van der Waals surface area contributed by atoms with Crippen molar-refractivity contribution in [3.63, 3.8) is 0 Å². The second-order valence-electron chi connectivity index (χ2n) is 4.94. The number of amides is 1. The van der Waals surface area contributed by atoms with E-state index in [9.17, 15) is 4.79 Å². The highest BCUT2D eigenvalue weighted by atomic mass is 35.5. The molecule has 0 aromatic heterocycles. The van der Waals surface area contributed by atoms with Gasteiger partial charge >= 0.3 is 0 Å². The number of nitrogens with two attached hydrogens (primary N) is 1. The van der Waals surface area contributed by atoms with Crippen LogP contribution in [-0.2, 0) is 4.79 Å². The van der Waals surface area contributed by atoms with Gasteiger partial charge in [-0.05, 0) is 31.6 Å². The first kappa shape index (κ1) is 16.7. The Labute approximate surface area is 111 Å². The summed E-state index contributed by atoms with van der Waals surface area (Å²) in [6, 6.07) is 0.225. The highest BCUT2D eigenvalue weighted by Gasteiger charge is 2.32. The topological polar surface area (TPSA) is 55.1 Å². The van der Waals surface area contributed by atoms with E-state index in [4.69, 9.17) is 5.73 Å². The third kappa shape index (κ3) is 5.73. The fourth-order valence-electron chi connectivity index (χ4n) is 2.14. The molecule has 0 aromatic rings. The number of halogens is 1. The molecule has 1 rings (SSSR count). The fraction of sp³-hybridized carbons (Fsp3) is 0.923. The van der Waals surface area contributed by atoms with Crippen LogP contribution >= 0.6 is 12.4 Å². The van der Waals surface area contributed by atoms with Crippen molar-refractivity contribution in [2.75, 3.05) is 6.54 Å². The Hall–Kier alpha value is -0.280. The van der Waals surface area contributed by atoms with Gasteiger partial charge in [0.25, 0.3) is 0 Å². The lowest BCUT2D eigenvalue weighted by Gasteiger charge is -2.20. The largest absolute Gasteiger partial charge is 0.352 e. The van der Waals surface area contributed by atoms with E-state index in [2.05, 4.69) is 19.2 Å². The number of carbonyl (C=O) groups excluding carboxylic acids is 1.